The highest BCUT2D eigenvalue weighted by Crippen LogP contribution is 2.67. The minimum Gasteiger partial charge on any atom is -0.497 e. The number of carbonyl (C=O) groups is 4. The number of carbonyl (C=O) groups excluding carboxylic acids is 4. The lowest BCUT2D eigenvalue weighted by molar-refractivity contribution is -0.138. The molecule has 4 amide bonds. The minimum absolute atomic E-state index is 0.00237. The van der Waals surface area contributed by atoms with Gasteiger partial charge in [-0.25, -0.2) is 20.0 Å². The average Bonchev–Trinajstić information content (AvgIpc) is 1.55. The Labute approximate surface area is 648 Å². The third-order valence-corrected chi connectivity index (χ3v) is 28.2. The molecule has 110 heavy (non-hydrogen) atoms. The summed E-state index contributed by atoms with van der Waals surface area (Å²) in [6.45, 7) is 4.73. The molecule has 0 radical (unpaired) electrons. The van der Waals surface area contributed by atoms with Gasteiger partial charge in [0.15, 0.2) is 46.0 Å². The highest BCUT2D eigenvalue weighted by atomic mass is 16.5. The van der Waals surface area contributed by atoms with Gasteiger partial charge in [-0.05, 0) is 261 Å². The van der Waals surface area contributed by atoms with Crippen LogP contribution in [0.25, 0.3) is 0 Å². The summed E-state index contributed by atoms with van der Waals surface area (Å²) in [5.74, 6) is 4.98. The molecule has 17 rings (SSSR count). The Morgan fingerprint density at radius 3 is 0.927 bits per heavy atom. The molecule has 0 aromatic heterocycles. The van der Waals surface area contributed by atoms with E-state index in [0.717, 1.165) is 187 Å². The molecule has 4 unspecified atom stereocenters. The number of ether oxygens (including phenoxy) is 8. The summed E-state index contributed by atoms with van der Waals surface area (Å²) >= 11 is 0. The van der Waals surface area contributed by atoms with Gasteiger partial charge in [-0.1, -0.05) is 37.1 Å². The van der Waals surface area contributed by atoms with Crippen LogP contribution in [0.3, 0.4) is 0 Å². The molecule has 4 aliphatic heterocycles. The van der Waals surface area contributed by atoms with Crippen molar-refractivity contribution >= 4 is 47.5 Å². The number of nitrogens with two attached hydrogens (primary N) is 4. The predicted molar refractivity (Wildman–Crippen MR) is 421 cm³/mol. The largest absolute Gasteiger partial charge is 0.497 e. The van der Waals surface area contributed by atoms with Gasteiger partial charge in [0.05, 0.1) is 44.7 Å². The van der Waals surface area contributed by atoms with E-state index in [1.807, 2.05) is 57.4 Å². The van der Waals surface area contributed by atoms with Crippen LogP contribution in [0, 0.1) is 27.6 Å². The van der Waals surface area contributed by atoms with Crippen molar-refractivity contribution in [2.24, 2.45) is 70.5 Å². The van der Waals surface area contributed by atoms with Gasteiger partial charge in [0.25, 0.3) is 23.6 Å². The Morgan fingerprint density at radius 1 is 0.400 bits per heavy atom. The van der Waals surface area contributed by atoms with Crippen LogP contribution in [0.15, 0.2) is 92.8 Å². The fraction of sp³-hybridized carbons (Fsp3) is 0.624. The molecular formula is C85H117N13O12. The lowest BCUT2D eigenvalue weighted by Crippen LogP contribution is -2.51. The molecule has 4 aromatic rings. The summed E-state index contributed by atoms with van der Waals surface area (Å²) in [6, 6.07) is 24.5. The van der Waals surface area contributed by atoms with Gasteiger partial charge in [-0.3, -0.25) is 38.8 Å². The maximum absolute atomic E-state index is 13.7. The zero-order valence-corrected chi connectivity index (χ0v) is 66.8. The number of fused-ring (bicyclic) bond motifs is 12. The molecule has 0 saturated heterocycles. The van der Waals surface area contributed by atoms with Crippen LogP contribution in [0.1, 0.15) is 180 Å². The van der Waals surface area contributed by atoms with E-state index in [9.17, 15) is 19.2 Å². The zero-order chi connectivity index (χ0) is 78.1. The molecular weight excluding hydrogens is 1400 g/mol. The molecule has 4 atom stereocenters. The number of methoxy groups -OCH3 is 5. The van der Waals surface area contributed by atoms with E-state index in [0.29, 0.717) is 43.0 Å². The van der Waals surface area contributed by atoms with Crippen molar-refractivity contribution in [3.8, 4) is 23.0 Å². The molecule has 8 N–H and O–H groups in total. The van der Waals surface area contributed by atoms with E-state index in [2.05, 4.69) is 41.3 Å². The third-order valence-electron chi connectivity index (χ3n) is 28.2. The second-order valence-electron chi connectivity index (χ2n) is 33.8. The van der Waals surface area contributed by atoms with Crippen LogP contribution in [-0.4, -0.2) is 201 Å². The molecule has 0 bridgehead atoms. The molecule has 13 aliphatic rings. The number of hydrogen-bond donors (Lipinski definition) is 4. The van der Waals surface area contributed by atoms with Crippen molar-refractivity contribution in [2.75, 3.05) is 104 Å². The molecule has 25 nitrogen and oxygen atoms in total. The molecule has 5 saturated carbocycles. The standard InChI is InChI=1S/C24H33N3O3.C22H32N4O3.C20H27N3O3.C19H25N3O3/c1-27-21(28)24(26-22(27)25)20-13-19(30-15-16-5-3-4-6-16)8-7-17(20)14-23(24)11-9-18(29-2)10-12-23;1-25(2)11-12-29-17-6-5-15-14-21(9-7-16(28-4)8-10-21)22(18(15)13-17)19(27)26(3)20(23)24-22;1-4-26-15-6-5-13-12-19(9-7-14(25-3)8-10-19)20(16(13)11-15)17(24)23(2)18(21)22-20;1-22-16(23)19(21-17(22)20)15-10-14(25-3)5-4-12(15)11-18(19)8-6-13(24-2)7-9-18/h7-8,13,16,18H,3-6,9-12,14-15H2,1-2H3,(H2,25,26);5-6,13,16H,7-12,14H2,1-4H3,(H2,23,24);5-6,11,14H,4,7-10,12H2,1-3H3,(H2,21,22);4-5,10,13H,6-9,11H2,1-3H3,(H2,20,21). The highest BCUT2D eigenvalue weighted by Gasteiger charge is 2.71. The predicted octanol–water partition coefficient (Wildman–Crippen LogP) is 9.12. The fourth-order valence-corrected chi connectivity index (χ4v) is 21.9. The first kappa shape index (κ1) is 78.3. The number of guanidine groups is 4. The van der Waals surface area contributed by atoms with Gasteiger partial charge < -0.3 is 65.7 Å². The topological polar surface area (TPSA) is 312 Å². The Bertz CT molecular complexity index is 4290. The van der Waals surface area contributed by atoms with E-state index in [1.54, 1.807) is 63.7 Å². The number of amides is 4. The van der Waals surface area contributed by atoms with E-state index < -0.39 is 22.2 Å². The Kier molecular flexibility index (Phi) is 21.6. The van der Waals surface area contributed by atoms with Crippen molar-refractivity contribution in [2.45, 2.75) is 208 Å². The number of likely N-dealkylation sites (N-methyl/N-ethyl adjacent to an activating group) is 5. The van der Waals surface area contributed by atoms with Gasteiger partial charge in [0.1, 0.15) is 29.6 Å². The number of benzene rings is 4. The minimum atomic E-state index is -0.944. The smallest absolute Gasteiger partial charge is 0.262 e. The van der Waals surface area contributed by atoms with Crippen LogP contribution >= 0.6 is 0 Å². The lowest BCUT2D eigenvalue weighted by atomic mass is 9.61. The molecule has 594 valence electrons. The fourth-order valence-electron chi connectivity index (χ4n) is 21.9. The highest BCUT2D eigenvalue weighted by molar-refractivity contribution is 6.11. The van der Waals surface area contributed by atoms with Crippen molar-refractivity contribution in [3.63, 3.8) is 0 Å². The number of nitrogens with zero attached hydrogens (tertiary/aromatic N) is 9. The first-order valence-corrected chi connectivity index (χ1v) is 40.0. The molecule has 4 heterocycles. The van der Waals surface area contributed by atoms with Gasteiger partial charge in [-0.2, -0.15) is 0 Å². The number of aliphatic imine (C=N–C) groups is 4. The second-order valence-corrected chi connectivity index (χ2v) is 33.8. The number of hydrogen-bond acceptors (Lipinski definition) is 21. The molecule has 5 fully saturated rings. The number of rotatable bonds is 14. The second kappa shape index (κ2) is 30.3. The van der Waals surface area contributed by atoms with Crippen LogP contribution in [0.5, 0.6) is 23.0 Å². The van der Waals surface area contributed by atoms with E-state index in [1.165, 1.54) is 67.5 Å². The van der Waals surface area contributed by atoms with Crippen molar-refractivity contribution in [1.29, 1.82) is 0 Å². The summed E-state index contributed by atoms with van der Waals surface area (Å²) in [5, 5.41) is 0. The van der Waals surface area contributed by atoms with Crippen molar-refractivity contribution in [3.05, 3.63) is 117 Å². The van der Waals surface area contributed by atoms with Gasteiger partial charge in [-0.15, -0.1) is 0 Å². The quantitative estimate of drug-likeness (QED) is 0.0914. The third kappa shape index (κ3) is 12.5. The van der Waals surface area contributed by atoms with Gasteiger partial charge in [0.2, 0.25) is 0 Å². The molecule has 4 aromatic carbocycles. The maximum atomic E-state index is 13.7. The van der Waals surface area contributed by atoms with Crippen LogP contribution in [-0.2, 0) is 86.0 Å². The van der Waals surface area contributed by atoms with E-state index >= 15 is 0 Å². The Balaban J connectivity index is 0.000000123. The summed E-state index contributed by atoms with van der Waals surface area (Å²) < 4.78 is 45.6. The summed E-state index contributed by atoms with van der Waals surface area (Å²) in [4.78, 5) is 81.6. The lowest BCUT2D eigenvalue weighted by Gasteiger charge is -2.45. The van der Waals surface area contributed by atoms with Crippen LogP contribution in [0.4, 0.5) is 0 Å². The van der Waals surface area contributed by atoms with Crippen molar-refractivity contribution in [1.82, 2.24) is 24.5 Å². The summed E-state index contributed by atoms with van der Waals surface area (Å²) in [6.07, 6.45) is 24.3. The Morgan fingerprint density at radius 2 is 0.673 bits per heavy atom. The van der Waals surface area contributed by atoms with E-state index in [4.69, 9.17) is 80.8 Å². The van der Waals surface area contributed by atoms with Crippen LogP contribution in [0.2, 0.25) is 0 Å². The normalized spacial score (nSPS) is 32.8. The monoisotopic (exact) mass is 1510 g/mol. The van der Waals surface area contributed by atoms with Gasteiger partial charge in [0, 0.05) is 84.8 Å². The summed E-state index contributed by atoms with van der Waals surface area (Å²) in [5.41, 5.74) is 28.6. The maximum Gasteiger partial charge on any atom is 0.262 e. The average molecular weight is 1510 g/mol. The molecule has 8 spiro atoms. The molecule has 9 aliphatic carbocycles. The first-order chi connectivity index (χ1) is 52.8. The van der Waals surface area contributed by atoms with Crippen molar-refractivity contribution < 1.29 is 57.1 Å². The SMILES string of the molecule is CCOc1ccc2c(c1)C1(N=C(N)N(C)C1=O)C1(CCC(OC)CC1)C2.COC1CCC2(CC1)Cc1ccc(OCC3CCCC3)cc1C21N=C(N)N(C)C1=O.COC1CCC2(CC1)Cc1ccc(OCCN(C)C)cc1C21N=C(N)N(C)C1=O.COc1ccc2c(c1)C1(N=C(N)N(C)C1=O)C1(CCC(OC)CC1)C2. The molecule has 25 heteroatoms. The van der Waals surface area contributed by atoms with E-state index in [-0.39, 0.29) is 69.7 Å². The Hall–Kier alpha value is -8.36. The van der Waals surface area contributed by atoms with Gasteiger partial charge >= 0.3 is 0 Å². The summed E-state index contributed by atoms with van der Waals surface area (Å²) in [7, 11) is 19.6. The van der Waals surface area contributed by atoms with Crippen LogP contribution < -0.4 is 41.9 Å². The zero-order valence-electron chi connectivity index (χ0n) is 66.8. The first-order valence-electron chi connectivity index (χ1n) is 40.0.